The van der Waals surface area contributed by atoms with Gasteiger partial charge in [0.2, 0.25) is 0 Å². The molecular formula is C21H22FN5O. The summed E-state index contributed by atoms with van der Waals surface area (Å²) < 4.78 is 13.3. The number of aliphatic hydroxyl groups excluding tert-OH is 1. The Bertz CT molecular complexity index is 912. The Labute approximate surface area is 163 Å². The molecule has 7 heteroatoms. The van der Waals surface area contributed by atoms with Crippen LogP contribution in [0.2, 0.25) is 0 Å². The maximum absolute atomic E-state index is 13.3. The molecule has 28 heavy (non-hydrogen) atoms. The number of anilines is 1. The van der Waals surface area contributed by atoms with E-state index in [0.717, 1.165) is 48.8 Å². The molecule has 144 valence electrons. The van der Waals surface area contributed by atoms with Crippen LogP contribution in [-0.4, -0.2) is 64.3 Å². The van der Waals surface area contributed by atoms with Gasteiger partial charge in [0, 0.05) is 62.3 Å². The molecule has 0 unspecified atom stereocenters. The third-order valence-electron chi connectivity index (χ3n) is 4.90. The van der Waals surface area contributed by atoms with E-state index in [9.17, 15) is 4.39 Å². The third-order valence-corrected chi connectivity index (χ3v) is 4.90. The zero-order chi connectivity index (χ0) is 19.3. The van der Waals surface area contributed by atoms with E-state index in [1.165, 1.54) is 12.1 Å². The van der Waals surface area contributed by atoms with Crippen molar-refractivity contribution < 1.29 is 9.50 Å². The number of aliphatic hydroxyl groups is 1. The van der Waals surface area contributed by atoms with Crippen molar-refractivity contribution in [3.63, 3.8) is 0 Å². The lowest BCUT2D eigenvalue weighted by atomic mass is 10.1. The predicted molar refractivity (Wildman–Crippen MR) is 106 cm³/mol. The number of hydrogen-bond acceptors (Lipinski definition) is 6. The minimum atomic E-state index is -0.271. The van der Waals surface area contributed by atoms with E-state index in [2.05, 4.69) is 14.8 Å². The van der Waals surface area contributed by atoms with Crippen molar-refractivity contribution >= 4 is 5.82 Å². The number of rotatable bonds is 5. The van der Waals surface area contributed by atoms with Crippen molar-refractivity contribution in [1.29, 1.82) is 0 Å². The van der Waals surface area contributed by atoms with Crippen LogP contribution in [0, 0.1) is 5.82 Å². The molecule has 6 nitrogen and oxygen atoms in total. The van der Waals surface area contributed by atoms with Crippen molar-refractivity contribution in [2.24, 2.45) is 0 Å². The Morgan fingerprint density at radius 3 is 2.29 bits per heavy atom. The first-order valence-electron chi connectivity index (χ1n) is 9.36. The summed E-state index contributed by atoms with van der Waals surface area (Å²) in [7, 11) is 0. The number of β-amino-alcohol motifs (C(OH)–C–C–N with tert-alkyl or cyclic N) is 1. The highest BCUT2D eigenvalue weighted by atomic mass is 19.1. The second-order valence-corrected chi connectivity index (χ2v) is 6.73. The molecule has 0 bridgehead atoms. The van der Waals surface area contributed by atoms with Crippen LogP contribution in [0.5, 0.6) is 0 Å². The highest BCUT2D eigenvalue weighted by Crippen LogP contribution is 2.26. The predicted octanol–water partition coefficient (Wildman–Crippen LogP) is 2.46. The van der Waals surface area contributed by atoms with Gasteiger partial charge in [-0.15, -0.1) is 0 Å². The van der Waals surface area contributed by atoms with Gasteiger partial charge in [0.25, 0.3) is 0 Å². The molecule has 1 N–H and O–H groups in total. The number of halogens is 1. The summed E-state index contributed by atoms with van der Waals surface area (Å²) in [4.78, 5) is 18.0. The van der Waals surface area contributed by atoms with Gasteiger partial charge in [-0.05, 0) is 36.4 Å². The van der Waals surface area contributed by atoms with Gasteiger partial charge < -0.3 is 10.0 Å². The number of benzene rings is 1. The van der Waals surface area contributed by atoms with Gasteiger partial charge in [-0.1, -0.05) is 0 Å². The molecule has 1 aromatic carbocycles. The van der Waals surface area contributed by atoms with Gasteiger partial charge in [-0.3, -0.25) is 9.88 Å². The topological polar surface area (TPSA) is 65.4 Å². The van der Waals surface area contributed by atoms with Crippen molar-refractivity contribution in [1.82, 2.24) is 19.9 Å². The van der Waals surface area contributed by atoms with E-state index in [1.807, 2.05) is 18.2 Å². The molecule has 1 aliphatic rings. The first-order valence-corrected chi connectivity index (χ1v) is 9.36. The third kappa shape index (κ3) is 4.16. The van der Waals surface area contributed by atoms with Crippen LogP contribution in [0.25, 0.3) is 22.6 Å². The van der Waals surface area contributed by atoms with E-state index >= 15 is 0 Å². The van der Waals surface area contributed by atoms with Gasteiger partial charge in [0.1, 0.15) is 11.6 Å². The Hall–Kier alpha value is -2.90. The van der Waals surface area contributed by atoms with E-state index in [0.29, 0.717) is 12.4 Å². The summed E-state index contributed by atoms with van der Waals surface area (Å²) in [5.74, 6) is 1.20. The van der Waals surface area contributed by atoms with Crippen molar-refractivity contribution in [3.8, 4) is 22.6 Å². The molecule has 3 heterocycles. The number of hydrogen-bond donors (Lipinski definition) is 1. The van der Waals surface area contributed by atoms with Crippen LogP contribution in [0.1, 0.15) is 0 Å². The van der Waals surface area contributed by atoms with E-state index in [4.69, 9.17) is 15.1 Å². The fraction of sp³-hybridized carbons (Fsp3) is 0.286. The SMILES string of the molecule is OCCN1CCN(c2cc(-c3ccc(F)cc3)nc(-c3ccncc3)n2)CC1. The Morgan fingerprint density at radius 2 is 1.61 bits per heavy atom. The summed E-state index contributed by atoms with van der Waals surface area (Å²) in [5.41, 5.74) is 2.49. The largest absolute Gasteiger partial charge is 0.395 e. The fourth-order valence-electron chi connectivity index (χ4n) is 3.34. The zero-order valence-corrected chi connectivity index (χ0v) is 15.5. The van der Waals surface area contributed by atoms with Crippen LogP contribution < -0.4 is 4.90 Å². The molecule has 0 amide bonds. The highest BCUT2D eigenvalue weighted by Gasteiger charge is 2.19. The minimum Gasteiger partial charge on any atom is -0.395 e. The molecular weight excluding hydrogens is 357 g/mol. The average molecular weight is 379 g/mol. The maximum Gasteiger partial charge on any atom is 0.162 e. The van der Waals surface area contributed by atoms with Gasteiger partial charge in [-0.2, -0.15) is 0 Å². The highest BCUT2D eigenvalue weighted by molar-refractivity contribution is 5.67. The van der Waals surface area contributed by atoms with E-state index in [-0.39, 0.29) is 12.4 Å². The summed E-state index contributed by atoms with van der Waals surface area (Å²) >= 11 is 0. The maximum atomic E-state index is 13.3. The van der Waals surface area contributed by atoms with Gasteiger partial charge in [0.15, 0.2) is 5.82 Å². The molecule has 1 aliphatic heterocycles. The molecule has 0 aliphatic carbocycles. The molecule has 1 fully saturated rings. The molecule has 0 spiro atoms. The Morgan fingerprint density at radius 1 is 0.893 bits per heavy atom. The summed E-state index contributed by atoms with van der Waals surface area (Å²) in [6, 6.07) is 12.1. The molecule has 4 rings (SSSR count). The lowest BCUT2D eigenvalue weighted by Gasteiger charge is -2.35. The number of piperazine rings is 1. The summed E-state index contributed by atoms with van der Waals surface area (Å²) in [5, 5.41) is 9.14. The van der Waals surface area contributed by atoms with Crippen molar-refractivity contribution in [2.45, 2.75) is 0 Å². The lowest BCUT2D eigenvalue weighted by molar-refractivity contribution is 0.188. The average Bonchev–Trinajstić information content (AvgIpc) is 2.75. The molecule has 2 aromatic heterocycles. The molecule has 3 aromatic rings. The second-order valence-electron chi connectivity index (χ2n) is 6.73. The molecule has 1 saturated heterocycles. The molecule has 0 saturated carbocycles. The number of nitrogens with zero attached hydrogens (tertiary/aromatic N) is 5. The monoisotopic (exact) mass is 379 g/mol. The second kappa shape index (κ2) is 8.41. The fourth-order valence-corrected chi connectivity index (χ4v) is 3.34. The van der Waals surface area contributed by atoms with Gasteiger partial charge in [-0.25, -0.2) is 14.4 Å². The van der Waals surface area contributed by atoms with E-state index in [1.54, 1.807) is 24.5 Å². The molecule has 0 radical (unpaired) electrons. The Balaban J connectivity index is 1.69. The molecule has 0 atom stereocenters. The number of pyridine rings is 1. The van der Waals surface area contributed by atoms with Crippen LogP contribution in [0.4, 0.5) is 10.2 Å². The van der Waals surface area contributed by atoms with Crippen molar-refractivity contribution in [2.75, 3.05) is 44.2 Å². The lowest BCUT2D eigenvalue weighted by Crippen LogP contribution is -2.47. The van der Waals surface area contributed by atoms with Crippen molar-refractivity contribution in [3.05, 3.63) is 60.7 Å². The summed E-state index contributed by atoms with van der Waals surface area (Å²) in [6.45, 7) is 4.28. The van der Waals surface area contributed by atoms with Crippen LogP contribution >= 0.6 is 0 Å². The quantitative estimate of drug-likeness (QED) is 0.735. The van der Waals surface area contributed by atoms with Crippen LogP contribution in [0.15, 0.2) is 54.9 Å². The minimum absolute atomic E-state index is 0.175. The Kier molecular flexibility index (Phi) is 5.55. The smallest absolute Gasteiger partial charge is 0.162 e. The van der Waals surface area contributed by atoms with Gasteiger partial charge in [0.05, 0.1) is 12.3 Å². The summed E-state index contributed by atoms with van der Waals surface area (Å²) in [6.07, 6.45) is 3.44. The van der Waals surface area contributed by atoms with Gasteiger partial charge >= 0.3 is 0 Å². The normalized spacial score (nSPS) is 15.0. The zero-order valence-electron chi connectivity index (χ0n) is 15.5. The van der Waals surface area contributed by atoms with Crippen LogP contribution in [0.3, 0.4) is 0 Å². The standard InChI is InChI=1S/C21H22FN5O/c22-18-3-1-16(2-4-18)19-15-20(27-11-9-26(10-12-27)13-14-28)25-21(24-19)17-5-7-23-8-6-17/h1-8,15,28H,9-14H2. The first-order chi connectivity index (χ1) is 13.7. The first kappa shape index (κ1) is 18.5. The number of aromatic nitrogens is 3. The van der Waals surface area contributed by atoms with E-state index < -0.39 is 0 Å². The van der Waals surface area contributed by atoms with Crippen LogP contribution in [-0.2, 0) is 0 Å².